The van der Waals surface area contributed by atoms with Gasteiger partial charge in [0, 0.05) is 0 Å². The average molecular weight is 207 g/mol. The SMILES string of the molecule is [CH2]CC=CCCCCCC=CCCCC. The van der Waals surface area contributed by atoms with Gasteiger partial charge in [0.05, 0.1) is 0 Å². The summed E-state index contributed by atoms with van der Waals surface area (Å²) in [5.74, 6) is 0. The van der Waals surface area contributed by atoms with Crippen molar-refractivity contribution in [1.29, 1.82) is 0 Å². The number of rotatable bonds is 10. The van der Waals surface area contributed by atoms with Crippen LogP contribution in [-0.2, 0) is 0 Å². The van der Waals surface area contributed by atoms with Crippen LogP contribution in [-0.4, -0.2) is 0 Å². The third-order valence-corrected chi connectivity index (χ3v) is 2.47. The summed E-state index contributed by atoms with van der Waals surface area (Å²) in [5.41, 5.74) is 0. The minimum atomic E-state index is 0.931. The van der Waals surface area contributed by atoms with Crippen LogP contribution in [0.2, 0.25) is 0 Å². The van der Waals surface area contributed by atoms with E-state index in [-0.39, 0.29) is 0 Å². The van der Waals surface area contributed by atoms with E-state index in [0.717, 1.165) is 6.42 Å². The van der Waals surface area contributed by atoms with E-state index in [4.69, 9.17) is 0 Å². The largest absolute Gasteiger partial charge is 0.0885 e. The number of hydrogen-bond donors (Lipinski definition) is 0. The molecule has 0 amide bonds. The lowest BCUT2D eigenvalue weighted by Crippen LogP contribution is -1.75. The highest BCUT2D eigenvalue weighted by Gasteiger charge is 1.85. The minimum absolute atomic E-state index is 0.931. The van der Waals surface area contributed by atoms with Crippen LogP contribution in [0.3, 0.4) is 0 Å². The summed E-state index contributed by atoms with van der Waals surface area (Å²) in [7, 11) is 0. The molecule has 0 bridgehead atoms. The molecule has 0 heteroatoms. The van der Waals surface area contributed by atoms with Crippen molar-refractivity contribution in [2.45, 2.75) is 64.7 Å². The fraction of sp³-hybridized carbons (Fsp3) is 0.667. The van der Waals surface area contributed by atoms with Gasteiger partial charge in [-0.2, -0.15) is 0 Å². The molecule has 0 N–H and O–H groups in total. The van der Waals surface area contributed by atoms with E-state index in [9.17, 15) is 0 Å². The third kappa shape index (κ3) is 13.5. The van der Waals surface area contributed by atoms with Crippen molar-refractivity contribution in [3.05, 3.63) is 31.2 Å². The zero-order chi connectivity index (χ0) is 11.2. The number of hydrogen-bond acceptors (Lipinski definition) is 0. The van der Waals surface area contributed by atoms with E-state index >= 15 is 0 Å². The van der Waals surface area contributed by atoms with E-state index in [1.165, 1.54) is 51.4 Å². The van der Waals surface area contributed by atoms with E-state index in [2.05, 4.69) is 38.2 Å². The first-order valence-corrected chi connectivity index (χ1v) is 6.51. The molecule has 87 valence electrons. The Morgan fingerprint density at radius 3 is 1.80 bits per heavy atom. The van der Waals surface area contributed by atoms with Crippen LogP contribution in [0.4, 0.5) is 0 Å². The van der Waals surface area contributed by atoms with Gasteiger partial charge in [0.2, 0.25) is 0 Å². The first-order valence-electron chi connectivity index (χ1n) is 6.51. The van der Waals surface area contributed by atoms with Gasteiger partial charge in [-0.25, -0.2) is 0 Å². The van der Waals surface area contributed by atoms with Crippen molar-refractivity contribution in [1.82, 2.24) is 0 Å². The van der Waals surface area contributed by atoms with Crippen molar-refractivity contribution in [2.75, 3.05) is 0 Å². The second-order valence-electron chi connectivity index (χ2n) is 4.01. The fourth-order valence-corrected chi connectivity index (χ4v) is 1.49. The molecule has 0 unspecified atom stereocenters. The molecule has 0 aliphatic carbocycles. The third-order valence-electron chi connectivity index (χ3n) is 2.47. The maximum Gasteiger partial charge on any atom is -0.0351 e. The molecule has 0 aromatic heterocycles. The Labute approximate surface area is 96.5 Å². The molecule has 0 aromatic carbocycles. The van der Waals surface area contributed by atoms with Gasteiger partial charge >= 0.3 is 0 Å². The van der Waals surface area contributed by atoms with E-state index in [0.29, 0.717) is 0 Å². The quantitative estimate of drug-likeness (QED) is 0.329. The highest BCUT2D eigenvalue weighted by atomic mass is 13.9. The summed E-state index contributed by atoms with van der Waals surface area (Å²) in [6.45, 7) is 6.02. The van der Waals surface area contributed by atoms with Crippen LogP contribution in [0.15, 0.2) is 24.3 Å². The Morgan fingerprint density at radius 1 is 0.733 bits per heavy atom. The molecule has 0 aliphatic heterocycles. The molecule has 1 radical (unpaired) electrons. The molecule has 0 rings (SSSR count). The number of unbranched alkanes of at least 4 members (excludes halogenated alkanes) is 6. The lowest BCUT2D eigenvalue weighted by atomic mass is 10.1. The van der Waals surface area contributed by atoms with Crippen molar-refractivity contribution in [3.8, 4) is 0 Å². The summed E-state index contributed by atoms with van der Waals surface area (Å²) >= 11 is 0. The number of allylic oxidation sites excluding steroid dienone is 4. The molecule has 0 aromatic rings. The van der Waals surface area contributed by atoms with Crippen LogP contribution in [0.1, 0.15) is 64.7 Å². The Kier molecular flexibility index (Phi) is 13.0. The van der Waals surface area contributed by atoms with Gasteiger partial charge in [-0.15, -0.1) is 0 Å². The molecule has 0 nitrogen and oxygen atoms in total. The lowest BCUT2D eigenvalue weighted by Gasteiger charge is -1.95. The van der Waals surface area contributed by atoms with E-state index in [1.54, 1.807) is 0 Å². The normalized spacial score (nSPS) is 11.9. The smallest absolute Gasteiger partial charge is 0.0351 e. The van der Waals surface area contributed by atoms with Gasteiger partial charge in [0.1, 0.15) is 0 Å². The highest BCUT2D eigenvalue weighted by molar-refractivity contribution is 4.83. The summed E-state index contributed by atoms with van der Waals surface area (Å²) < 4.78 is 0. The van der Waals surface area contributed by atoms with Gasteiger partial charge in [0.25, 0.3) is 0 Å². The Bertz CT molecular complexity index is 153. The summed E-state index contributed by atoms with van der Waals surface area (Å²) in [5, 5.41) is 0. The molecule has 0 spiro atoms. The molecular weight excluding hydrogens is 180 g/mol. The molecule has 0 atom stereocenters. The molecular formula is C15H27. The van der Waals surface area contributed by atoms with Gasteiger partial charge in [-0.05, 0) is 45.4 Å². The Morgan fingerprint density at radius 2 is 1.27 bits per heavy atom. The van der Waals surface area contributed by atoms with Gasteiger partial charge in [-0.1, -0.05) is 50.5 Å². The minimum Gasteiger partial charge on any atom is -0.0885 e. The zero-order valence-electron chi connectivity index (χ0n) is 10.4. The van der Waals surface area contributed by atoms with Gasteiger partial charge < -0.3 is 0 Å². The monoisotopic (exact) mass is 207 g/mol. The van der Waals surface area contributed by atoms with Crippen LogP contribution in [0.25, 0.3) is 0 Å². The van der Waals surface area contributed by atoms with Gasteiger partial charge in [-0.3, -0.25) is 0 Å². The molecule has 0 saturated heterocycles. The Hall–Kier alpha value is -0.520. The van der Waals surface area contributed by atoms with E-state index in [1.807, 2.05) is 0 Å². The Balaban J connectivity index is 3.04. The maximum absolute atomic E-state index is 3.77. The van der Waals surface area contributed by atoms with Gasteiger partial charge in [0.15, 0.2) is 0 Å². The predicted molar refractivity (Wildman–Crippen MR) is 70.9 cm³/mol. The summed E-state index contributed by atoms with van der Waals surface area (Å²) in [6.07, 6.45) is 20.5. The van der Waals surface area contributed by atoms with E-state index < -0.39 is 0 Å². The standard InChI is InChI=1S/C15H27/c1-3-5-7-9-11-13-15-14-12-10-8-6-4-2/h5,7,10,12H,1,3-4,6,8-9,11,13-15H2,2H3. The molecule has 0 fully saturated rings. The van der Waals surface area contributed by atoms with Crippen molar-refractivity contribution in [2.24, 2.45) is 0 Å². The fourth-order valence-electron chi connectivity index (χ4n) is 1.49. The van der Waals surface area contributed by atoms with Crippen LogP contribution < -0.4 is 0 Å². The van der Waals surface area contributed by atoms with Crippen molar-refractivity contribution in [3.63, 3.8) is 0 Å². The molecule has 0 heterocycles. The summed E-state index contributed by atoms with van der Waals surface area (Å²) in [4.78, 5) is 0. The van der Waals surface area contributed by atoms with Crippen LogP contribution >= 0.6 is 0 Å². The molecule has 15 heavy (non-hydrogen) atoms. The zero-order valence-corrected chi connectivity index (χ0v) is 10.4. The predicted octanol–water partition coefficient (Wildman–Crippen LogP) is 5.46. The lowest BCUT2D eigenvalue weighted by molar-refractivity contribution is 0.694. The highest BCUT2D eigenvalue weighted by Crippen LogP contribution is 2.05. The summed E-state index contributed by atoms with van der Waals surface area (Å²) in [6, 6.07) is 0. The average Bonchev–Trinajstić information content (AvgIpc) is 2.26. The first kappa shape index (κ1) is 14.5. The molecule has 0 saturated carbocycles. The second kappa shape index (κ2) is 13.5. The first-order chi connectivity index (χ1) is 7.41. The maximum atomic E-state index is 3.77. The topological polar surface area (TPSA) is 0 Å². The van der Waals surface area contributed by atoms with Crippen molar-refractivity contribution >= 4 is 0 Å². The van der Waals surface area contributed by atoms with Crippen molar-refractivity contribution < 1.29 is 0 Å². The second-order valence-corrected chi connectivity index (χ2v) is 4.01. The van der Waals surface area contributed by atoms with Crippen LogP contribution in [0.5, 0.6) is 0 Å². The molecule has 0 aliphatic rings. The van der Waals surface area contributed by atoms with Crippen LogP contribution in [0, 0.1) is 6.92 Å².